The summed E-state index contributed by atoms with van der Waals surface area (Å²) >= 11 is 0. The molecule has 2 heterocycles. The van der Waals surface area contributed by atoms with Crippen LogP contribution in [0.2, 0.25) is 0 Å². The van der Waals surface area contributed by atoms with Crippen molar-refractivity contribution < 1.29 is 14.6 Å². The molecule has 0 spiro atoms. The number of ether oxygens (including phenoxy) is 2. The van der Waals surface area contributed by atoms with Crippen LogP contribution in [-0.4, -0.2) is 51.0 Å². The lowest BCUT2D eigenvalue weighted by atomic mass is 9.97. The number of nitrogens with zero attached hydrogens (tertiary/aromatic N) is 3. The molecule has 0 aliphatic carbocycles. The third-order valence-corrected chi connectivity index (χ3v) is 3.19. The molecule has 2 atom stereocenters. The Morgan fingerprint density at radius 2 is 2.25 bits per heavy atom. The van der Waals surface area contributed by atoms with Crippen LogP contribution in [0.3, 0.4) is 0 Å². The molecule has 0 aromatic carbocycles. The highest BCUT2D eigenvalue weighted by molar-refractivity contribution is 5.33. The SMILES string of the molecule is CC(C)Oc1nc(N)nc(NCC2(O)CCOC2C)n1. The van der Waals surface area contributed by atoms with Gasteiger partial charge in [-0.1, -0.05) is 0 Å². The zero-order chi connectivity index (χ0) is 14.8. The van der Waals surface area contributed by atoms with E-state index < -0.39 is 5.60 Å². The van der Waals surface area contributed by atoms with Gasteiger partial charge in [-0.2, -0.15) is 15.0 Å². The van der Waals surface area contributed by atoms with Crippen LogP contribution in [0.25, 0.3) is 0 Å². The molecule has 0 radical (unpaired) electrons. The van der Waals surface area contributed by atoms with Crippen molar-refractivity contribution >= 4 is 11.9 Å². The van der Waals surface area contributed by atoms with Crippen LogP contribution in [0.1, 0.15) is 27.2 Å². The van der Waals surface area contributed by atoms with Crippen molar-refractivity contribution in [2.24, 2.45) is 0 Å². The molecule has 1 aromatic rings. The van der Waals surface area contributed by atoms with Crippen molar-refractivity contribution in [3.05, 3.63) is 0 Å². The zero-order valence-electron chi connectivity index (χ0n) is 12.0. The Balaban J connectivity index is 2.04. The standard InChI is InChI=1S/C12H21N5O3/c1-7(2)20-11-16-9(13)15-10(17-11)14-6-12(18)4-5-19-8(12)3/h7-8,18H,4-6H2,1-3H3,(H3,13,14,15,16,17). The van der Waals surface area contributed by atoms with Gasteiger partial charge in [-0.05, 0) is 20.8 Å². The summed E-state index contributed by atoms with van der Waals surface area (Å²) < 4.78 is 10.7. The Kier molecular flexibility index (Phi) is 4.24. The van der Waals surface area contributed by atoms with Gasteiger partial charge >= 0.3 is 6.01 Å². The Bertz CT molecular complexity index is 470. The lowest BCUT2D eigenvalue weighted by Crippen LogP contribution is -2.43. The normalized spacial score (nSPS) is 25.9. The van der Waals surface area contributed by atoms with Crippen LogP contribution in [0.15, 0.2) is 0 Å². The maximum atomic E-state index is 10.4. The van der Waals surface area contributed by atoms with E-state index in [1.165, 1.54) is 0 Å². The molecule has 20 heavy (non-hydrogen) atoms. The summed E-state index contributed by atoms with van der Waals surface area (Å²) in [5, 5.41) is 13.3. The average Bonchev–Trinajstić information content (AvgIpc) is 2.66. The van der Waals surface area contributed by atoms with Gasteiger partial charge < -0.3 is 25.6 Å². The highest BCUT2D eigenvalue weighted by Crippen LogP contribution is 2.25. The molecule has 0 saturated carbocycles. The van der Waals surface area contributed by atoms with E-state index in [1.807, 2.05) is 20.8 Å². The highest BCUT2D eigenvalue weighted by atomic mass is 16.5. The Morgan fingerprint density at radius 3 is 2.85 bits per heavy atom. The van der Waals surface area contributed by atoms with E-state index in [1.54, 1.807) is 0 Å². The number of hydrogen-bond acceptors (Lipinski definition) is 8. The molecule has 8 heteroatoms. The van der Waals surface area contributed by atoms with Crippen molar-refractivity contribution in [1.29, 1.82) is 0 Å². The summed E-state index contributed by atoms with van der Waals surface area (Å²) in [5.74, 6) is 0.349. The van der Waals surface area contributed by atoms with Crippen molar-refractivity contribution in [3.63, 3.8) is 0 Å². The molecule has 0 amide bonds. The molecule has 1 aliphatic heterocycles. The fourth-order valence-corrected chi connectivity index (χ4v) is 1.95. The largest absolute Gasteiger partial charge is 0.461 e. The number of hydrogen-bond donors (Lipinski definition) is 3. The molecule has 0 bridgehead atoms. The van der Waals surface area contributed by atoms with Crippen molar-refractivity contribution in [3.8, 4) is 6.01 Å². The molecule has 1 fully saturated rings. The molecule has 1 aromatic heterocycles. The molecule has 1 aliphatic rings. The minimum atomic E-state index is -0.930. The van der Waals surface area contributed by atoms with Crippen LogP contribution in [0.4, 0.5) is 11.9 Å². The third kappa shape index (κ3) is 3.45. The van der Waals surface area contributed by atoms with E-state index >= 15 is 0 Å². The minimum absolute atomic E-state index is 0.0583. The van der Waals surface area contributed by atoms with E-state index in [4.69, 9.17) is 15.2 Å². The fourth-order valence-electron chi connectivity index (χ4n) is 1.95. The van der Waals surface area contributed by atoms with E-state index in [-0.39, 0.29) is 36.7 Å². The van der Waals surface area contributed by atoms with Gasteiger partial charge in [-0.15, -0.1) is 0 Å². The summed E-state index contributed by atoms with van der Waals surface area (Å²) in [6.45, 7) is 6.39. The van der Waals surface area contributed by atoms with Crippen LogP contribution in [0.5, 0.6) is 6.01 Å². The maximum Gasteiger partial charge on any atom is 0.323 e. The van der Waals surface area contributed by atoms with Crippen LogP contribution < -0.4 is 15.8 Å². The molecule has 1 saturated heterocycles. The smallest absolute Gasteiger partial charge is 0.323 e. The van der Waals surface area contributed by atoms with Gasteiger partial charge in [-0.25, -0.2) is 0 Å². The fraction of sp³-hybridized carbons (Fsp3) is 0.750. The number of nitrogens with two attached hydrogens (primary N) is 1. The number of aromatic nitrogens is 3. The first kappa shape index (κ1) is 14.7. The molecule has 2 rings (SSSR count). The number of nitrogens with one attached hydrogen (secondary N) is 1. The number of nitrogen functional groups attached to an aromatic ring is 1. The first-order valence-corrected chi connectivity index (χ1v) is 6.65. The quantitative estimate of drug-likeness (QED) is 0.701. The summed E-state index contributed by atoms with van der Waals surface area (Å²) in [7, 11) is 0. The topological polar surface area (TPSA) is 115 Å². The first-order chi connectivity index (χ1) is 9.39. The molecule has 2 unspecified atom stereocenters. The molecular weight excluding hydrogens is 262 g/mol. The summed E-state index contributed by atoms with van der Waals surface area (Å²) in [6.07, 6.45) is 0.273. The van der Waals surface area contributed by atoms with Crippen molar-refractivity contribution in [2.75, 3.05) is 24.2 Å². The predicted molar refractivity (Wildman–Crippen MR) is 73.5 cm³/mol. The van der Waals surface area contributed by atoms with Gasteiger partial charge in [-0.3, -0.25) is 0 Å². The molecule has 8 nitrogen and oxygen atoms in total. The van der Waals surface area contributed by atoms with Crippen LogP contribution in [-0.2, 0) is 4.74 Å². The predicted octanol–water partition coefficient (Wildman–Crippen LogP) is 0.193. The van der Waals surface area contributed by atoms with Gasteiger partial charge in [0.1, 0.15) is 5.60 Å². The first-order valence-electron chi connectivity index (χ1n) is 6.65. The molecular formula is C12H21N5O3. The van der Waals surface area contributed by atoms with Gasteiger partial charge in [0.25, 0.3) is 0 Å². The Labute approximate surface area is 117 Å². The van der Waals surface area contributed by atoms with Crippen LogP contribution >= 0.6 is 0 Å². The lowest BCUT2D eigenvalue weighted by Gasteiger charge is -2.26. The monoisotopic (exact) mass is 283 g/mol. The number of rotatable bonds is 5. The Morgan fingerprint density at radius 1 is 1.50 bits per heavy atom. The van der Waals surface area contributed by atoms with E-state index in [0.29, 0.717) is 13.0 Å². The average molecular weight is 283 g/mol. The summed E-state index contributed by atoms with van der Waals surface area (Å²) in [4.78, 5) is 12.0. The van der Waals surface area contributed by atoms with E-state index in [0.717, 1.165) is 0 Å². The summed E-state index contributed by atoms with van der Waals surface area (Å²) in [5.41, 5.74) is 4.68. The number of aliphatic hydroxyl groups is 1. The Hall–Kier alpha value is -1.67. The van der Waals surface area contributed by atoms with Gasteiger partial charge in [0.2, 0.25) is 11.9 Å². The molecule has 112 valence electrons. The molecule has 4 N–H and O–H groups in total. The van der Waals surface area contributed by atoms with Gasteiger partial charge in [0.05, 0.1) is 12.2 Å². The van der Waals surface area contributed by atoms with Gasteiger partial charge in [0.15, 0.2) is 0 Å². The van der Waals surface area contributed by atoms with Crippen molar-refractivity contribution in [2.45, 2.75) is 45.0 Å². The van der Waals surface area contributed by atoms with Gasteiger partial charge in [0, 0.05) is 19.6 Å². The third-order valence-electron chi connectivity index (χ3n) is 3.19. The maximum absolute atomic E-state index is 10.4. The zero-order valence-corrected chi connectivity index (χ0v) is 12.0. The van der Waals surface area contributed by atoms with E-state index in [2.05, 4.69) is 20.3 Å². The lowest BCUT2D eigenvalue weighted by molar-refractivity contribution is -0.0177. The van der Waals surface area contributed by atoms with E-state index in [9.17, 15) is 5.11 Å². The minimum Gasteiger partial charge on any atom is -0.461 e. The second-order valence-electron chi connectivity index (χ2n) is 5.19. The number of anilines is 2. The highest BCUT2D eigenvalue weighted by Gasteiger charge is 2.39. The van der Waals surface area contributed by atoms with Crippen LogP contribution in [0, 0.1) is 0 Å². The van der Waals surface area contributed by atoms with Crippen molar-refractivity contribution in [1.82, 2.24) is 15.0 Å². The summed E-state index contributed by atoms with van der Waals surface area (Å²) in [6, 6.07) is 0.165. The second kappa shape index (κ2) is 5.76. The second-order valence-corrected chi connectivity index (χ2v) is 5.19.